The van der Waals surface area contributed by atoms with Crippen LogP contribution < -0.4 is 5.32 Å². The summed E-state index contributed by atoms with van der Waals surface area (Å²) in [5, 5.41) is 6.67. The molecule has 4 atom stereocenters. The van der Waals surface area contributed by atoms with E-state index in [-0.39, 0.29) is 0 Å². The molecule has 0 saturated carbocycles. The Morgan fingerprint density at radius 3 is 2.82 bits per heavy atom. The first-order valence-electron chi connectivity index (χ1n) is 6.01. The zero-order chi connectivity index (χ0) is 12.4. The quantitative estimate of drug-likeness (QED) is 0.916. The number of nitrogens with zero attached hydrogens (tertiary/aromatic N) is 1. The van der Waals surface area contributed by atoms with Gasteiger partial charge in [-0.25, -0.2) is 4.98 Å². The molecule has 0 spiro atoms. The van der Waals surface area contributed by atoms with E-state index in [1.807, 2.05) is 24.6 Å². The summed E-state index contributed by atoms with van der Waals surface area (Å²) in [5.74, 6) is 1.21. The summed E-state index contributed by atoms with van der Waals surface area (Å²) in [5.41, 5.74) is 0. The van der Waals surface area contributed by atoms with Gasteiger partial charge in [0.15, 0.2) is 0 Å². The van der Waals surface area contributed by atoms with Crippen molar-refractivity contribution in [2.24, 2.45) is 0 Å². The van der Waals surface area contributed by atoms with Crippen LogP contribution in [0, 0.1) is 0 Å². The summed E-state index contributed by atoms with van der Waals surface area (Å²) in [6.45, 7) is 6.85. The Morgan fingerprint density at radius 1 is 1.41 bits per heavy atom. The fourth-order valence-electron chi connectivity index (χ4n) is 1.71. The lowest BCUT2D eigenvalue weighted by Crippen LogP contribution is -2.21. The highest BCUT2D eigenvalue weighted by Crippen LogP contribution is 2.45. The molecule has 2 heterocycles. The molecular formula is C12H20N2S3. The molecule has 1 fully saturated rings. The van der Waals surface area contributed by atoms with Crippen LogP contribution in [0.3, 0.4) is 0 Å². The van der Waals surface area contributed by atoms with Crippen molar-refractivity contribution >= 4 is 34.9 Å². The summed E-state index contributed by atoms with van der Waals surface area (Å²) >= 11 is 6.04. The summed E-state index contributed by atoms with van der Waals surface area (Å²) in [6, 6.07) is 0.416. The Kier molecular flexibility index (Phi) is 4.80. The highest BCUT2D eigenvalue weighted by Gasteiger charge is 2.28. The maximum Gasteiger partial charge on any atom is 0.107 e. The molecule has 2 rings (SSSR count). The van der Waals surface area contributed by atoms with E-state index in [4.69, 9.17) is 0 Å². The predicted molar refractivity (Wildman–Crippen MR) is 81.3 cm³/mol. The Hall–Kier alpha value is 0.290. The normalized spacial score (nSPS) is 31.4. The molecule has 5 heteroatoms. The highest BCUT2D eigenvalue weighted by molar-refractivity contribution is 8.07. The molecule has 17 heavy (non-hydrogen) atoms. The Morgan fingerprint density at radius 2 is 2.18 bits per heavy atom. The van der Waals surface area contributed by atoms with E-state index in [9.17, 15) is 0 Å². The van der Waals surface area contributed by atoms with Gasteiger partial charge < -0.3 is 5.32 Å². The fourth-order valence-corrected chi connectivity index (χ4v) is 5.89. The maximum atomic E-state index is 4.61. The largest absolute Gasteiger partial charge is 0.312 e. The highest BCUT2D eigenvalue weighted by atomic mass is 32.2. The Labute approximate surface area is 116 Å². The summed E-state index contributed by atoms with van der Waals surface area (Å²) in [7, 11) is 2.00. The summed E-state index contributed by atoms with van der Waals surface area (Å²) < 4.78 is 0. The second kappa shape index (κ2) is 5.95. The molecule has 2 nitrogen and oxygen atoms in total. The van der Waals surface area contributed by atoms with Gasteiger partial charge in [0, 0.05) is 33.4 Å². The van der Waals surface area contributed by atoms with Crippen molar-refractivity contribution in [2.75, 3.05) is 12.8 Å². The molecule has 1 N–H and O–H groups in total. The van der Waals surface area contributed by atoms with E-state index in [0.717, 1.165) is 10.5 Å². The summed E-state index contributed by atoms with van der Waals surface area (Å²) in [4.78, 5) is 5.96. The first-order chi connectivity index (χ1) is 8.11. The number of hydrogen-bond acceptors (Lipinski definition) is 5. The van der Waals surface area contributed by atoms with Crippen molar-refractivity contribution in [3.8, 4) is 0 Å². The number of thiazole rings is 1. The van der Waals surface area contributed by atoms with Crippen LogP contribution in [0.15, 0.2) is 6.20 Å². The van der Waals surface area contributed by atoms with Crippen molar-refractivity contribution in [3.05, 3.63) is 16.1 Å². The first kappa shape index (κ1) is 13.7. The van der Waals surface area contributed by atoms with Crippen LogP contribution in [-0.4, -0.2) is 28.3 Å². The standard InChI is InChI=1S/C12H20N2S3/c1-7(13-4)10-5-14-12(17-10)11-6-15-8(2)9(3)16-11/h5,7-9,11,13H,6H2,1-4H3. The van der Waals surface area contributed by atoms with E-state index < -0.39 is 0 Å². The van der Waals surface area contributed by atoms with E-state index >= 15 is 0 Å². The zero-order valence-corrected chi connectivity index (χ0v) is 13.2. The molecule has 1 saturated heterocycles. The van der Waals surface area contributed by atoms with Crippen molar-refractivity contribution < 1.29 is 0 Å². The second-order valence-electron chi connectivity index (χ2n) is 4.48. The SMILES string of the molecule is CNC(C)c1cnc(C2CSC(C)C(C)S2)s1. The average Bonchev–Trinajstić information content (AvgIpc) is 2.81. The van der Waals surface area contributed by atoms with Crippen molar-refractivity contribution in [1.82, 2.24) is 10.3 Å². The third-order valence-electron chi connectivity index (χ3n) is 3.23. The topological polar surface area (TPSA) is 24.9 Å². The van der Waals surface area contributed by atoms with Crippen LogP contribution in [0.4, 0.5) is 0 Å². The van der Waals surface area contributed by atoms with Gasteiger partial charge in [0.25, 0.3) is 0 Å². The monoisotopic (exact) mass is 288 g/mol. The second-order valence-corrected chi connectivity index (χ2v) is 8.57. The van der Waals surface area contributed by atoms with Gasteiger partial charge in [0.2, 0.25) is 0 Å². The first-order valence-corrected chi connectivity index (χ1v) is 8.82. The molecule has 1 aromatic heterocycles. The van der Waals surface area contributed by atoms with E-state index in [2.05, 4.69) is 54.6 Å². The minimum absolute atomic E-state index is 0.416. The van der Waals surface area contributed by atoms with Gasteiger partial charge in [-0.3, -0.25) is 0 Å². The molecule has 1 aliphatic rings. The van der Waals surface area contributed by atoms with Gasteiger partial charge in [-0.1, -0.05) is 13.8 Å². The van der Waals surface area contributed by atoms with Crippen LogP contribution in [-0.2, 0) is 0 Å². The number of hydrogen-bond donors (Lipinski definition) is 1. The average molecular weight is 289 g/mol. The molecular weight excluding hydrogens is 268 g/mol. The van der Waals surface area contributed by atoms with E-state index in [1.165, 1.54) is 15.6 Å². The van der Waals surface area contributed by atoms with Crippen molar-refractivity contribution in [1.29, 1.82) is 0 Å². The van der Waals surface area contributed by atoms with Gasteiger partial charge >= 0.3 is 0 Å². The van der Waals surface area contributed by atoms with Crippen LogP contribution >= 0.6 is 34.9 Å². The molecule has 4 unspecified atom stereocenters. The van der Waals surface area contributed by atoms with Crippen LogP contribution in [0.1, 0.15) is 41.9 Å². The Balaban J connectivity index is 2.05. The molecule has 0 bridgehead atoms. The van der Waals surface area contributed by atoms with Crippen molar-refractivity contribution in [3.63, 3.8) is 0 Å². The minimum Gasteiger partial charge on any atom is -0.312 e. The minimum atomic E-state index is 0.416. The molecule has 0 aromatic carbocycles. The van der Waals surface area contributed by atoms with E-state index in [1.54, 1.807) is 0 Å². The van der Waals surface area contributed by atoms with Gasteiger partial charge in [-0.05, 0) is 14.0 Å². The Bertz CT molecular complexity index is 366. The van der Waals surface area contributed by atoms with E-state index in [0.29, 0.717) is 11.3 Å². The maximum absolute atomic E-state index is 4.61. The van der Waals surface area contributed by atoms with Gasteiger partial charge in [-0.15, -0.1) is 23.1 Å². The fraction of sp³-hybridized carbons (Fsp3) is 0.750. The smallest absolute Gasteiger partial charge is 0.107 e. The zero-order valence-electron chi connectivity index (χ0n) is 10.8. The third-order valence-corrected chi connectivity index (χ3v) is 8.07. The van der Waals surface area contributed by atoms with Crippen LogP contribution in [0.2, 0.25) is 0 Å². The molecule has 0 radical (unpaired) electrons. The van der Waals surface area contributed by atoms with Gasteiger partial charge in [-0.2, -0.15) is 11.8 Å². The number of aromatic nitrogens is 1. The van der Waals surface area contributed by atoms with Gasteiger partial charge in [0.05, 0.1) is 5.25 Å². The van der Waals surface area contributed by atoms with Gasteiger partial charge in [0.1, 0.15) is 5.01 Å². The number of nitrogens with one attached hydrogen (secondary N) is 1. The number of rotatable bonds is 3. The molecule has 96 valence electrons. The van der Waals surface area contributed by atoms with Crippen molar-refractivity contribution in [2.45, 2.75) is 42.6 Å². The lowest BCUT2D eigenvalue weighted by atomic mass is 10.3. The lowest BCUT2D eigenvalue weighted by Gasteiger charge is -2.30. The third kappa shape index (κ3) is 3.19. The molecule has 0 amide bonds. The lowest BCUT2D eigenvalue weighted by molar-refractivity contribution is 0.662. The van der Waals surface area contributed by atoms with Crippen LogP contribution in [0.25, 0.3) is 0 Å². The van der Waals surface area contributed by atoms with Crippen LogP contribution in [0.5, 0.6) is 0 Å². The molecule has 1 aliphatic heterocycles. The predicted octanol–water partition coefficient (Wildman–Crippen LogP) is 3.72. The molecule has 1 aromatic rings. The summed E-state index contributed by atoms with van der Waals surface area (Å²) in [6.07, 6.45) is 2.04. The number of thioether (sulfide) groups is 2. The molecule has 0 aliphatic carbocycles.